The Morgan fingerprint density at radius 2 is 1.90 bits per heavy atom. The fourth-order valence-electron chi connectivity index (χ4n) is 0.737. The van der Waals surface area contributed by atoms with Crippen LogP contribution in [0.3, 0.4) is 0 Å². The quantitative estimate of drug-likeness (QED) is 0.639. The molecule has 2 heteroatoms. The first kappa shape index (κ1) is 5.74. The van der Waals surface area contributed by atoms with Crippen molar-refractivity contribution in [2.75, 3.05) is 6.58 Å². The van der Waals surface area contributed by atoms with Gasteiger partial charge in [0.15, 0.2) is 0 Å². The average molecular weight is 139 g/mol. The molecule has 0 radical (unpaired) electrons. The summed E-state index contributed by atoms with van der Waals surface area (Å²) in [5.41, 5.74) is 0.852. The second kappa shape index (κ2) is 3.22. The zero-order chi connectivity index (χ0) is 8.27. The third-order valence-corrected chi connectivity index (χ3v) is 1.26. The Morgan fingerprint density at radius 3 is 2.40 bits per heavy atom. The lowest BCUT2D eigenvalue weighted by atomic mass is 10.2. The van der Waals surface area contributed by atoms with E-state index in [1.807, 2.05) is 0 Å². The van der Waals surface area contributed by atoms with E-state index in [4.69, 9.17) is 11.6 Å². The summed E-state index contributed by atoms with van der Waals surface area (Å²) < 4.78 is 6.86. The van der Waals surface area contributed by atoms with Crippen molar-refractivity contribution in [1.82, 2.24) is 0 Å². The van der Waals surface area contributed by atoms with Gasteiger partial charge in [-0.2, -0.15) is 0 Å². The summed E-state index contributed by atoms with van der Waals surface area (Å²) >= 11 is 0. The van der Waals surface area contributed by atoms with Crippen molar-refractivity contribution in [3.05, 3.63) is 29.8 Å². The number of hydrogen-bond donors (Lipinski definition) is 2. The molecule has 0 aromatic heterocycles. The lowest BCUT2D eigenvalue weighted by Gasteiger charge is -1.96. The SMILES string of the molecule is [2H][C@@H](O)Cc1ccc(O)cc1. The van der Waals surface area contributed by atoms with E-state index in [1.54, 1.807) is 12.1 Å². The summed E-state index contributed by atoms with van der Waals surface area (Å²) in [6.45, 7) is -1.07. The van der Waals surface area contributed by atoms with E-state index in [0.29, 0.717) is 6.42 Å². The normalized spacial score (nSPS) is 14.3. The Labute approximate surface area is 61.2 Å². The first-order valence-corrected chi connectivity index (χ1v) is 3.06. The maximum Gasteiger partial charge on any atom is 0.115 e. The summed E-state index contributed by atoms with van der Waals surface area (Å²) in [6.07, 6.45) is 0.306. The molecular weight excluding hydrogens is 128 g/mol. The number of aromatic hydroxyl groups is 1. The molecule has 0 saturated carbocycles. The van der Waals surface area contributed by atoms with Gasteiger partial charge in [-0.3, -0.25) is 0 Å². The van der Waals surface area contributed by atoms with E-state index in [-0.39, 0.29) is 5.75 Å². The summed E-state index contributed by atoms with van der Waals surface area (Å²) in [7, 11) is 0. The van der Waals surface area contributed by atoms with E-state index >= 15 is 0 Å². The number of aryl methyl sites for hydroxylation is 1. The van der Waals surface area contributed by atoms with Crippen molar-refractivity contribution < 1.29 is 11.6 Å². The Morgan fingerprint density at radius 1 is 1.30 bits per heavy atom. The van der Waals surface area contributed by atoms with Crippen LogP contribution in [0.5, 0.6) is 5.75 Å². The second-order valence-corrected chi connectivity index (χ2v) is 2.05. The van der Waals surface area contributed by atoms with E-state index in [9.17, 15) is 0 Å². The number of phenolic OH excluding ortho intramolecular Hbond substituents is 1. The molecule has 0 aliphatic carbocycles. The lowest BCUT2D eigenvalue weighted by Crippen LogP contribution is -1.88. The monoisotopic (exact) mass is 139 g/mol. The van der Waals surface area contributed by atoms with Gasteiger partial charge < -0.3 is 10.2 Å². The van der Waals surface area contributed by atoms with Crippen LogP contribution in [0.15, 0.2) is 24.3 Å². The average Bonchev–Trinajstić information content (AvgIpc) is 1.93. The van der Waals surface area contributed by atoms with E-state index in [0.717, 1.165) is 5.56 Å². The van der Waals surface area contributed by atoms with Gasteiger partial charge in [0.25, 0.3) is 0 Å². The van der Waals surface area contributed by atoms with Crippen molar-refractivity contribution in [1.29, 1.82) is 0 Å². The van der Waals surface area contributed by atoms with Gasteiger partial charge in [-0.1, -0.05) is 12.1 Å². The smallest absolute Gasteiger partial charge is 0.115 e. The molecule has 1 atom stereocenters. The topological polar surface area (TPSA) is 40.5 Å². The molecule has 10 heavy (non-hydrogen) atoms. The van der Waals surface area contributed by atoms with Crippen molar-refractivity contribution >= 4 is 0 Å². The number of benzene rings is 1. The Hall–Kier alpha value is -1.02. The van der Waals surface area contributed by atoms with Gasteiger partial charge >= 0.3 is 0 Å². The van der Waals surface area contributed by atoms with Crippen molar-refractivity contribution in [3.63, 3.8) is 0 Å². The minimum atomic E-state index is -1.07. The molecule has 0 aliphatic heterocycles. The first-order valence-electron chi connectivity index (χ1n) is 3.64. The zero-order valence-corrected chi connectivity index (χ0v) is 5.49. The molecule has 1 aromatic carbocycles. The van der Waals surface area contributed by atoms with Crippen LogP contribution < -0.4 is 0 Å². The third-order valence-electron chi connectivity index (χ3n) is 1.26. The molecule has 1 aromatic rings. The second-order valence-electron chi connectivity index (χ2n) is 2.05. The Bertz CT molecular complexity index is 218. The molecule has 0 heterocycles. The number of aliphatic hydroxyl groups is 1. The molecule has 2 N–H and O–H groups in total. The first-order chi connectivity index (χ1) is 5.18. The summed E-state index contributed by atoms with van der Waals surface area (Å²) in [5.74, 6) is 0.202. The predicted molar refractivity (Wildman–Crippen MR) is 38.9 cm³/mol. The Kier molecular flexibility index (Phi) is 1.85. The molecule has 0 aliphatic rings. The minimum absolute atomic E-state index is 0.202. The molecule has 54 valence electrons. The van der Waals surface area contributed by atoms with Gasteiger partial charge in [0.2, 0.25) is 0 Å². The third kappa shape index (κ3) is 1.74. The van der Waals surface area contributed by atoms with Gasteiger partial charge in [-0.25, -0.2) is 0 Å². The molecule has 2 nitrogen and oxygen atoms in total. The zero-order valence-electron chi connectivity index (χ0n) is 6.49. The standard InChI is InChI=1S/C8H10O2/c9-6-5-7-1-3-8(10)4-2-7/h1-4,9-10H,5-6H2/i6D/t6-/m1/s1. The fraction of sp³-hybridized carbons (Fsp3) is 0.250. The van der Waals surface area contributed by atoms with E-state index in [1.165, 1.54) is 12.1 Å². The van der Waals surface area contributed by atoms with E-state index in [2.05, 4.69) is 0 Å². The predicted octanol–water partition coefficient (Wildman–Crippen LogP) is 0.927. The molecule has 0 fully saturated rings. The molecule has 1 rings (SSSR count). The van der Waals surface area contributed by atoms with Gasteiger partial charge in [0.1, 0.15) is 5.75 Å². The van der Waals surface area contributed by atoms with Gasteiger partial charge in [0, 0.05) is 6.58 Å². The molecule has 0 amide bonds. The van der Waals surface area contributed by atoms with E-state index < -0.39 is 6.58 Å². The maximum absolute atomic E-state index is 8.88. The highest BCUT2D eigenvalue weighted by atomic mass is 16.3. The van der Waals surface area contributed by atoms with Crippen LogP contribution in [-0.2, 0) is 6.42 Å². The van der Waals surface area contributed by atoms with Crippen molar-refractivity contribution in [2.45, 2.75) is 6.42 Å². The highest BCUT2D eigenvalue weighted by Crippen LogP contribution is 2.09. The summed E-state index contributed by atoms with van der Waals surface area (Å²) in [4.78, 5) is 0. The number of rotatable bonds is 2. The van der Waals surface area contributed by atoms with Crippen LogP contribution in [0.25, 0.3) is 0 Å². The highest BCUT2D eigenvalue weighted by molar-refractivity contribution is 5.25. The van der Waals surface area contributed by atoms with Crippen molar-refractivity contribution in [2.24, 2.45) is 0 Å². The van der Waals surface area contributed by atoms with Crippen LogP contribution in [0.2, 0.25) is 0 Å². The van der Waals surface area contributed by atoms with Crippen LogP contribution in [0.4, 0.5) is 0 Å². The summed E-state index contributed by atoms with van der Waals surface area (Å²) in [5, 5.41) is 17.6. The van der Waals surface area contributed by atoms with Crippen LogP contribution in [0.1, 0.15) is 6.93 Å². The van der Waals surface area contributed by atoms with Gasteiger partial charge in [-0.05, 0) is 24.1 Å². The Balaban J connectivity index is 2.66. The van der Waals surface area contributed by atoms with Gasteiger partial charge in [0.05, 0.1) is 1.37 Å². The van der Waals surface area contributed by atoms with Crippen molar-refractivity contribution in [3.8, 4) is 5.75 Å². The molecular formula is C8H10O2. The molecule has 0 saturated heterocycles. The van der Waals surface area contributed by atoms with Crippen LogP contribution in [0, 0.1) is 0 Å². The molecule has 0 unspecified atom stereocenters. The highest BCUT2D eigenvalue weighted by Gasteiger charge is 1.90. The number of aliphatic hydroxyl groups excluding tert-OH is 1. The largest absolute Gasteiger partial charge is 0.508 e. The fourth-order valence-corrected chi connectivity index (χ4v) is 0.737. The summed E-state index contributed by atoms with van der Waals surface area (Å²) in [6, 6.07) is 6.45. The molecule has 0 spiro atoms. The number of phenols is 1. The minimum Gasteiger partial charge on any atom is -0.508 e. The lowest BCUT2D eigenvalue weighted by molar-refractivity contribution is 0.299. The maximum atomic E-state index is 8.88. The van der Waals surface area contributed by atoms with Gasteiger partial charge in [-0.15, -0.1) is 0 Å². The number of hydrogen-bond acceptors (Lipinski definition) is 2. The van der Waals surface area contributed by atoms with Crippen LogP contribution in [-0.4, -0.2) is 16.8 Å². The molecule has 0 bridgehead atoms. The van der Waals surface area contributed by atoms with Crippen LogP contribution >= 0.6 is 0 Å².